The number of hydrogen-bond acceptors (Lipinski definition) is 5. The summed E-state index contributed by atoms with van der Waals surface area (Å²) in [5.74, 6) is 0.615. The average molecular weight is 282 g/mol. The Morgan fingerprint density at radius 2 is 2.14 bits per heavy atom. The topological polar surface area (TPSA) is 91.8 Å². The van der Waals surface area contributed by atoms with Crippen molar-refractivity contribution in [2.24, 2.45) is 0 Å². The second-order valence-corrected chi connectivity index (χ2v) is 4.71. The number of rotatable bonds is 4. The summed E-state index contributed by atoms with van der Waals surface area (Å²) < 4.78 is 0. The molecule has 0 bridgehead atoms. The number of aromatic nitrogens is 1. The average Bonchev–Trinajstić information content (AvgIpc) is 2.48. The van der Waals surface area contributed by atoms with Crippen LogP contribution in [0.3, 0.4) is 0 Å². The van der Waals surface area contributed by atoms with Crippen LogP contribution in [0.2, 0.25) is 0 Å². The summed E-state index contributed by atoms with van der Waals surface area (Å²) >= 11 is 0. The van der Waals surface area contributed by atoms with E-state index < -0.39 is 0 Å². The first-order chi connectivity index (χ1) is 10.0. The molecule has 1 aromatic carbocycles. The molecule has 106 valence electrons. The number of hydrogen-bond donors (Lipinski definition) is 1. The Morgan fingerprint density at radius 1 is 1.38 bits per heavy atom. The van der Waals surface area contributed by atoms with Gasteiger partial charge in [-0.05, 0) is 31.5 Å². The Labute approximate surface area is 122 Å². The number of nitrogens with zero attached hydrogens (tertiary/aromatic N) is 3. The quantitative estimate of drug-likeness (QED) is 0.685. The van der Waals surface area contributed by atoms with Gasteiger partial charge in [0, 0.05) is 17.8 Å². The van der Waals surface area contributed by atoms with Gasteiger partial charge in [0.15, 0.2) is 0 Å². The largest absolute Gasteiger partial charge is 0.364 e. The number of anilines is 1. The van der Waals surface area contributed by atoms with Crippen molar-refractivity contribution >= 4 is 11.5 Å². The SMILES string of the molecule is Cc1ccc(C(C)Nc2ccc(C#N)cn2)cc1[N+](=O)[O-]. The van der Waals surface area contributed by atoms with Crippen LogP contribution in [0.25, 0.3) is 0 Å². The molecule has 0 fully saturated rings. The highest BCUT2D eigenvalue weighted by Gasteiger charge is 2.14. The van der Waals surface area contributed by atoms with Gasteiger partial charge in [-0.25, -0.2) is 4.98 Å². The summed E-state index contributed by atoms with van der Waals surface area (Å²) in [6.07, 6.45) is 1.48. The highest BCUT2D eigenvalue weighted by Crippen LogP contribution is 2.25. The standard InChI is InChI=1S/C15H14N4O2/c1-10-3-5-13(7-14(10)19(20)21)11(2)18-15-6-4-12(8-16)9-17-15/h3-7,9,11H,1-2H3,(H,17,18). The van der Waals surface area contributed by atoms with Crippen LogP contribution in [-0.4, -0.2) is 9.91 Å². The zero-order valence-electron chi connectivity index (χ0n) is 11.7. The van der Waals surface area contributed by atoms with E-state index in [1.165, 1.54) is 6.20 Å². The smallest absolute Gasteiger partial charge is 0.272 e. The molecule has 6 heteroatoms. The van der Waals surface area contributed by atoms with Crippen molar-refractivity contribution in [2.75, 3.05) is 5.32 Å². The molecule has 0 aliphatic rings. The lowest BCUT2D eigenvalue weighted by atomic mass is 10.0. The number of aryl methyl sites for hydroxylation is 1. The fourth-order valence-electron chi connectivity index (χ4n) is 1.94. The Balaban J connectivity index is 2.20. The summed E-state index contributed by atoms with van der Waals surface area (Å²) in [5.41, 5.74) is 2.03. The minimum atomic E-state index is -0.383. The fraction of sp³-hybridized carbons (Fsp3) is 0.200. The van der Waals surface area contributed by atoms with Gasteiger partial charge in [-0.3, -0.25) is 10.1 Å². The monoisotopic (exact) mass is 282 g/mol. The van der Waals surface area contributed by atoms with E-state index in [1.54, 1.807) is 31.2 Å². The summed E-state index contributed by atoms with van der Waals surface area (Å²) in [6.45, 7) is 3.61. The third-order valence-corrected chi connectivity index (χ3v) is 3.19. The predicted octanol–water partition coefficient (Wildman–Crippen LogP) is 3.34. The van der Waals surface area contributed by atoms with Crippen molar-refractivity contribution in [3.63, 3.8) is 0 Å². The minimum Gasteiger partial charge on any atom is -0.364 e. The lowest BCUT2D eigenvalue weighted by molar-refractivity contribution is -0.385. The first-order valence-electron chi connectivity index (χ1n) is 6.39. The molecular formula is C15H14N4O2. The van der Waals surface area contributed by atoms with E-state index >= 15 is 0 Å². The van der Waals surface area contributed by atoms with Crippen LogP contribution in [-0.2, 0) is 0 Å². The van der Waals surface area contributed by atoms with Crippen LogP contribution >= 0.6 is 0 Å². The van der Waals surface area contributed by atoms with Crippen molar-refractivity contribution < 1.29 is 4.92 Å². The van der Waals surface area contributed by atoms with Crippen molar-refractivity contribution in [2.45, 2.75) is 19.9 Å². The molecule has 1 unspecified atom stereocenters. The van der Waals surface area contributed by atoms with Crippen molar-refractivity contribution in [3.05, 3.63) is 63.3 Å². The number of benzene rings is 1. The molecule has 0 saturated carbocycles. The molecule has 0 radical (unpaired) electrons. The molecule has 21 heavy (non-hydrogen) atoms. The number of nitro benzene ring substituents is 1. The lowest BCUT2D eigenvalue weighted by Gasteiger charge is -2.15. The van der Waals surface area contributed by atoms with Gasteiger partial charge >= 0.3 is 0 Å². The van der Waals surface area contributed by atoms with Crippen molar-refractivity contribution in [3.8, 4) is 6.07 Å². The Kier molecular flexibility index (Phi) is 4.14. The van der Waals surface area contributed by atoms with Crippen LogP contribution < -0.4 is 5.32 Å². The molecule has 2 rings (SSSR count). The third kappa shape index (κ3) is 3.34. The summed E-state index contributed by atoms with van der Waals surface area (Å²) in [7, 11) is 0. The van der Waals surface area contributed by atoms with E-state index in [1.807, 2.05) is 19.1 Å². The normalized spacial score (nSPS) is 11.5. The van der Waals surface area contributed by atoms with Crippen molar-refractivity contribution in [1.29, 1.82) is 5.26 Å². The molecule has 0 aliphatic heterocycles. The maximum absolute atomic E-state index is 11.0. The molecular weight excluding hydrogens is 268 g/mol. The summed E-state index contributed by atoms with van der Waals surface area (Å²) in [4.78, 5) is 14.7. The van der Waals surface area contributed by atoms with Gasteiger partial charge in [-0.15, -0.1) is 0 Å². The number of nitrogens with one attached hydrogen (secondary N) is 1. The van der Waals surface area contributed by atoms with Crippen LogP contribution in [0.4, 0.5) is 11.5 Å². The predicted molar refractivity (Wildman–Crippen MR) is 78.8 cm³/mol. The lowest BCUT2D eigenvalue weighted by Crippen LogP contribution is -2.08. The first-order valence-corrected chi connectivity index (χ1v) is 6.39. The van der Waals surface area contributed by atoms with Crippen molar-refractivity contribution in [1.82, 2.24) is 4.98 Å². The third-order valence-electron chi connectivity index (χ3n) is 3.19. The minimum absolute atomic E-state index is 0.105. The maximum atomic E-state index is 11.0. The molecule has 0 spiro atoms. The van der Waals surface area contributed by atoms with E-state index in [4.69, 9.17) is 5.26 Å². The first kappa shape index (κ1) is 14.5. The molecule has 0 saturated heterocycles. The Morgan fingerprint density at radius 3 is 2.71 bits per heavy atom. The second-order valence-electron chi connectivity index (χ2n) is 4.71. The van der Waals surface area contributed by atoms with Gasteiger partial charge in [0.2, 0.25) is 0 Å². The van der Waals surface area contributed by atoms with E-state index in [-0.39, 0.29) is 16.7 Å². The van der Waals surface area contributed by atoms with Gasteiger partial charge in [-0.2, -0.15) is 5.26 Å². The number of pyridine rings is 1. The molecule has 1 N–H and O–H groups in total. The second kappa shape index (κ2) is 6.01. The van der Waals surface area contributed by atoms with Gasteiger partial charge in [0.1, 0.15) is 11.9 Å². The fourth-order valence-corrected chi connectivity index (χ4v) is 1.94. The van der Waals surface area contributed by atoms with Crippen LogP contribution in [0, 0.1) is 28.4 Å². The molecule has 1 aromatic heterocycles. The molecule has 0 amide bonds. The molecule has 6 nitrogen and oxygen atoms in total. The van der Waals surface area contributed by atoms with E-state index in [0.717, 1.165) is 5.56 Å². The highest BCUT2D eigenvalue weighted by molar-refractivity contribution is 5.46. The van der Waals surface area contributed by atoms with Gasteiger partial charge in [0.05, 0.1) is 16.5 Å². The maximum Gasteiger partial charge on any atom is 0.272 e. The van der Waals surface area contributed by atoms with Gasteiger partial charge in [0.25, 0.3) is 5.69 Å². The number of nitro groups is 1. The van der Waals surface area contributed by atoms with Crippen LogP contribution in [0.15, 0.2) is 36.5 Å². The molecule has 2 aromatic rings. The highest BCUT2D eigenvalue weighted by atomic mass is 16.6. The summed E-state index contributed by atoms with van der Waals surface area (Å²) in [6, 6.07) is 10.4. The number of nitriles is 1. The molecule has 1 atom stereocenters. The molecule has 0 aliphatic carbocycles. The van der Waals surface area contributed by atoms with E-state index in [2.05, 4.69) is 10.3 Å². The Bertz CT molecular complexity index is 705. The van der Waals surface area contributed by atoms with Gasteiger partial charge < -0.3 is 5.32 Å². The van der Waals surface area contributed by atoms with Gasteiger partial charge in [-0.1, -0.05) is 12.1 Å². The van der Waals surface area contributed by atoms with E-state index in [9.17, 15) is 10.1 Å². The van der Waals surface area contributed by atoms with E-state index in [0.29, 0.717) is 16.9 Å². The Hall–Kier alpha value is -2.94. The zero-order valence-corrected chi connectivity index (χ0v) is 11.7. The van der Waals surface area contributed by atoms with Crippen LogP contribution in [0.1, 0.15) is 29.7 Å². The zero-order chi connectivity index (χ0) is 15.4. The molecule has 1 heterocycles. The summed E-state index contributed by atoms with van der Waals surface area (Å²) in [5, 5.41) is 22.8. The van der Waals surface area contributed by atoms with Crippen LogP contribution in [0.5, 0.6) is 0 Å².